The van der Waals surface area contributed by atoms with Crippen LogP contribution in [0.5, 0.6) is 0 Å². The second-order valence-electron chi connectivity index (χ2n) is 5.03. The number of benzene rings is 1. The molecule has 1 amide bonds. The first-order chi connectivity index (χ1) is 11.9. The van der Waals surface area contributed by atoms with Crippen molar-refractivity contribution in [3.63, 3.8) is 0 Å². The number of carbonyl (C=O) groups is 1. The van der Waals surface area contributed by atoms with Gasteiger partial charge >= 0.3 is 0 Å². The molecule has 0 radical (unpaired) electrons. The van der Waals surface area contributed by atoms with Gasteiger partial charge in [-0.2, -0.15) is 5.26 Å². The molecule has 0 saturated carbocycles. The zero-order valence-electron chi connectivity index (χ0n) is 14.1. The van der Waals surface area contributed by atoms with Crippen molar-refractivity contribution in [1.29, 1.82) is 5.26 Å². The van der Waals surface area contributed by atoms with Crippen LogP contribution < -0.4 is 10.6 Å². The molecule has 25 heavy (non-hydrogen) atoms. The van der Waals surface area contributed by atoms with E-state index in [-0.39, 0.29) is 22.0 Å². The number of hydrogen-bond donors (Lipinski definition) is 2. The lowest BCUT2D eigenvalue weighted by molar-refractivity contribution is -0.384. The summed E-state index contributed by atoms with van der Waals surface area (Å²) in [4.78, 5) is 24.5. The molecule has 0 spiro atoms. The van der Waals surface area contributed by atoms with Crippen LogP contribution in [0.25, 0.3) is 0 Å². The van der Waals surface area contributed by atoms with E-state index < -0.39 is 10.8 Å². The minimum absolute atomic E-state index is 0.0304. The number of nitro benzene ring substituents is 1. The summed E-state index contributed by atoms with van der Waals surface area (Å²) in [5.41, 5.74) is -0.262. The number of amides is 1. The summed E-state index contributed by atoms with van der Waals surface area (Å²) in [6, 6.07) is 5.68. The fourth-order valence-corrected chi connectivity index (χ4v) is 2.20. The van der Waals surface area contributed by atoms with Gasteiger partial charge in [-0.15, -0.1) is 0 Å². The fraction of sp³-hybridized carbons (Fsp3) is 0.375. The molecule has 1 aromatic rings. The van der Waals surface area contributed by atoms with Crippen molar-refractivity contribution < 1.29 is 9.72 Å². The number of nitrogens with one attached hydrogen (secondary N) is 2. The highest BCUT2D eigenvalue weighted by atomic mass is 35.5. The molecular formula is C16H20ClN5O3. The zero-order valence-corrected chi connectivity index (χ0v) is 14.8. The molecule has 9 heteroatoms. The van der Waals surface area contributed by atoms with Gasteiger partial charge in [-0.05, 0) is 25.2 Å². The molecule has 0 aliphatic heterocycles. The van der Waals surface area contributed by atoms with Crippen LogP contribution in [-0.2, 0) is 4.79 Å². The van der Waals surface area contributed by atoms with Crippen molar-refractivity contribution in [2.24, 2.45) is 0 Å². The summed E-state index contributed by atoms with van der Waals surface area (Å²) in [5, 5.41) is 25.3. The normalized spacial score (nSPS) is 11.1. The third kappa shape index (κ3) is 6.41. The molecule has 0 saturated heterocycles. The molecule has 8 nitrogen and oxygen atoms in total. The van der Waals surface area contributed by atoms with Crippen molar-refractivity contribution in [2.75, 3.05) is 31.5 Å². The van der Waals surface area contributed by atoms with E-state index in [0.29, 0.717) is 6.54 Å². The number of nitriles is 1. The minimum atomic E-state index is -0.658. The lowest BCUT2D eigenvalue weighted by Gasteiger charge is -2.17. The lowest BCUT2D eigenvalue weighted by atomic mass is 10.2. The molecule has 0 atom stereocenters. The van der Waals surface area contributed by atoms with Crippen LogP contribution >= 0.6 is 11.6 Å². The maximum atomic E-state index is 12.1. The number of halogens is 1. The monoisotopic (exact) mass is 365 g/mol. The van der Waals surface area contributed by atoms with Crippen LogP contribution in [0.3, 0.4) is 0 Å². The van der Waals surface area contributed by atoms with E-state index in [1.807, 2.05) is 0 Å². The minimum Gasteiger partial charge on any atom is -0.388 e. The Labute approximate surface area is 151 Å². The Morgan fingerprint density at radius 3 is 2.68 bits per heavy atom. The van der Waals surface area contributed by atoms with Crippen LogP contribution in [0.2, 0.25) is 5.02 Å². The average molecular weight is 366 g/mol. The Hall–Kier alpha value is -2.63. The molecule has 134 valence electrons. The molecule has 0 fully saturated rings. The molecule has 1 aromatic carbocycles. The summed E-state index contributed by atoms with van der Waals surface area (Å²) < 4.78 is 0. The van der Waals surface area contributed by atoms with Crippen molar-refractivity contribution >= 4 is 28.9 Å². The highest BCUT2D eigenvalue weighted by Crippen LogP contribution is 2.27. The van der Waals surface area contributed by atoms with Crippen LogP contribution in [-0.4, -0.2) is 41.9 Å². The standard InChI is InChI=1S/C16H20ClN5O3/c1-3-21(4-2)8-7-19-11-12(10-18)16(23)20-13-5-6-14(17)15(9-13)22(24)25/h5-6,9,11,19H,3-4,7-8H2,1-2H3,(H,20,23)/b12-11-. The Kier molecular flexibility index (Phi) is 8.39. The summed E-state index contributed by atoms with van der Waals surface area (Å²) >= 11 is 5.72. The number of hydrogen-bond acceptors (Lipinski definition) is 6. The number of rotatable bonds is 9. The highest BCUT2D eigenvalue weighted by molar-refractivity contribution is 6.32. The zero-order chi connectivity index (χ0) is 18.8. The van der Waals surface area contributed by atoms with Gasteiger partial charge < -0.3 is 15.5 Å². The first kappa shape index (κ1) is 20.4. The highest BCUT2D eigenvalue weighted by Gasteiger charge is 2.15. The molecule has 2 N–H and O–H groups in total. The SMILES string of the molecule is CCN(CC)CCN/C=C(/C#N)C(=O)Nc1ccc(Cl)c([N+](=O)[O-])c1. The number of likely N-dealkylation sites (N-methyl/N-ethyl adjacent to an activating group) is 1. The lowest BCUT2D eigenvalue weighted by Crippen LogP contribution is -2.30. The Morgan fingerprint density at radius 2 is 2.12 bits per heavy atom. The molecule has 0 bridgehead atoms. The van der Waals surface area contributed by atoms with Gasteiger partial charge in [0.05, 0.1) is 4.92 Å². The van der Waals surface area contributed by atoms with Gasteiger partial charge in [0, 0.05) is 31.0 Å². The number of nitro groups is 1. The van der Waals surface area contributed by atoms with Crippen LogP contribution in [0, 0.1) is 21.4 Å². The largest absolute Gasteiger partial charge is 0.388 e. The average Bonchev–Trinajstić information content (AvgIpc) is 2.59. The molecule has 0 aromatic heterocycles. The number of anilines is 1. The van der Waals surface area contributed by atoms with Gasteiger partial charge in [0.1, 0.15) is 16.7 Å². The van der Waals surface area contributed by atoms with Crippen molar-refractivity contribution in [3.05, 3.63) is 45.1 Å². The predicted molar refractivity (Wildman–Crippen MR) is 96.2 cm³/mol. The third-order valence-electron chi connectivity index (χ3n) is 3.48. The summed E-state index contributed by atoms with van der Waals surface area (Å²) in [5.74, 6) is -0.658. The Bertz CT molecular complexity index is 696. The fourth-order valence-electron chi connectivity index (χ4n) is 2.01. The second-order valence-corrected chi connectivity index (χ2v) is 5.44. The van der Waals surface area contributed by atoms with Gasteiger partial charge in [0.25, 0.3) is 11.6 Å². The van der Waals surface area contributed by atoms with Gasteiger partial charge in [-0.25, -0.2) is 0 Å². The van der Waals surface area contributed by atoms with E-state index in [2.05, 4.69) is 29.4 Å². The first-order valence-electron chi connectivity index (χ1n) is 7.74. The third-order valence-corrected chi connectivity index (χ3v) is 3.80. The number of nitrogens with zero attached hydrogens (tertiary/aromatic N) is 3. The van der Waals surface area contributed by atoms with Crippen LogP contribution in [0.15, 0.2) is 30.0 Å². The molecule has 0 unspecified atom stereocenters. The summed E-state index contributed by atoms with van der Waals surface area (Å²) in [6.45, 7) is 7.32. The van der Waals surface area contributed by atoms with E-state index >= 15 is 0 Å². The summed E-state index contributed by atoms with van der Waals surface area (Å²) in [6.07, 6.45) is 1.34. The van der Waals surface area contributed by atoms with E-state index in [9.17, 15) is 14.9 Å². The van der Waals surface area contributed by atoms with Crippen molar-refractivity contribution in [2.45, 2.75) is 13.8 Å². The second kappa shape index (κ2) is 10.3. The smallest absolute Gasteiger partial charge is 0.289 e. The van der Waals surface area contributed by atoms with E-state index in [1.54, 1.807) is 6.07 Å². The van der Waals surface area contributed by atoms with Gasteiger partial charge in [0.2, 0.25) is 0 Å². The Balaban J connectivity index is 2.70. The van der Waals surface area contributed by atoms with Crippen LogP contribution in [0.1, 0.15) is 13.8 Å². The van der Waals surface area contributed by atoms with Gasteiger partial charge in [0.15, 0.2) is 0 Å². The molecule has 0 heterocycles. The first-order valence-corrected chi connectivity index (χ1v) is 8.12. The number of carbonyl (C=O) groups excluding carboxylic acids is 1. The maximum Gasteiger partial charge on any atom is 0.289 e. The topological polar surface area (TPSA) is 111 Å². The Morgan fingerprint density at radius 1 is 1.44 bits per heavy atom. The van der Waals surface area contributed by atoms with Crippen molar-refractivity contribution in [1.82, 2.24) is 10.2 Å². The van der Waals surface area contributed by atoms with E-state index in [0.717, 1.165) is 25.7 Å². The van der Waals surface area contributed by atoms with Crippen molar-refractivity contribution in [3.8, 4) is 6.07 Å². The molecule has 0 aliphatic rings. The van der Waals surface area contributed by atoms with E-state index in [4.69, 9.17) is 16.9 Å². The summed E-state index contributed by atoms with van der Waals surface area (Å²) in [7, 11) is 0. The maximum absolute atomic E-state index is 12.1. The quantitative estimate of drug-likeness (QED) is 0.229. The molecular weight excluding hydrogens is 346 g/mol. The van der Waals surface area contributed by atoms with Crippen LogP contribution in [0.4, 0.5) is 11.4 Å². The van der Waals surface area contributed by atoms with Gasteiger partial charge in [-0.3, -0.25) is 14.9 Å². The molecule has 0 aliphatic carbocycles. The van der Waals surface area contributed by atoms with E-state index in [1.165, 1.54) is 18.3 Å². The molecule has 1 rings (SSSR count). The predicted octanol–water partition coefficient (Wildman–Crippen LogP) is 2.53. The van der Waals surface area contributed by atoms with Gasteiger partial charge in [-0.1, -0.05) is 25.4 Å².